The van der Waals surface area contributed by atoms with Crippen LogP contribution in [0, 0.1) is 0 Å². The van der Waals surface area contributed by atoms with Gasteiger partial charge >= 0.3 is 48.9 Å². The van der Waals surface area contributed by atoms with E-state index in [2.05, 4.69) is 25.0 Å². The Bertz CT molecular complexity index is 32.0. The smallest absolute Gasteiger partial charge is 0.911 e. The second kappa shape index (κ2) is 12.9. The van der Waals surface area contributed by atoms with Crippen molar-refractivity contribution in [2.45, 2.75) is 0 Å². The summed E-state index contributed by atoms with van der Waals surface area (Å²) in [5.74, 6) is 0. The average Bonchev–Trinajstić information content (AvgIpc) is 1.25. The molecule has 0 radical (unpaired) electrons. The molecule has 0 saturated carbocycles. The summed E-state index contributed by atoms with van der Waals surface area (Å²) in [6.45, 7) is 0. The summed E-state index contributed by atoms with van der Waals surface area (Å²) in [5, 5.41) is 35.1. The molecule has 0 rings (SSSR count). The van der Waals surface area contributed by atoms with E-state index < -0.39 is 12.8 Å². The van der Waals surface area contributed by atoms with Crippen LogP contribution < -0.4 is 20.1 Å². The van der Waals surface area contributed by atoms with E-state index in [-0.39, 0.29) is 48.9 Å². The van der Waals surface area contributed by atoms with Gasteiger partial charge in [-0.2, -0.15) is 0 Å². The molecule has 0 unspecified atom stereocenters. The van der Waals surface area contributed by atoms with Crippen LogP contribution in [0.3, 0.4) is 0 Å². The molecule has 0 N–H and O–H groups in total. The SMILES string of the molecule is [Ba+2].[O-]B([O-])[S-].[O-]B([O-])[S-]. The van der Waals surface area contributed by atoms with Gasteiger partial charge in [0.2, 0.25) is 0 Å². The molecule has 9 heavy (non-hydrogen) atoms. The van der Waals surface area contributed by atoms with Crippen molar-refractivity contribution in [1.82, 2.24) is 0 Å². The van der Waals surface area contributed by atoms with Crippen molar-refractivity contribution >= 4 is 86.6 Å². The predicted molar refractivity (Wildman–Crippen MR) is 32.0 cm³/mol. The topological polar surface area (TPSA) is 92.2 Å². The Hall–Kier alpha value is 2.24. The van der Waals surface area contributed by atoms with Crippen LogP contribution in [0.15, 0.2) is 0 Å². The minimum Gasteiger partial charge on any atom is -0.911 e. The molecule has 0 aromatic heterocycles. The van der Waals surface area contributed by atoms with Gasteiger partial charge in [-0.15, -0.1) is 0 Å². The second-order valence-corrected chi connectivity index (χ2v) is 1.35. The maximum atomic E-state index is 8.79. The van der Waals surface area contributed by atoms with Gasteiger partial charge < -0.3 is 57.8 Å². The fourth-order valence-corrected chi connectivity index (χ4v) is 0. The van der Waals surface area contributed by atoms with Crippen molar-refractivity contribution in [2.24, 2.45) is 0 Å². The fraction of sp³-hybridized carbons (Fsp3) is 0. The summed E-state index contributed by atoms with van der Waals surface area (Å²) in [4.78, 5) is 0. The van der Waals surface area contributed by atoms with Crippen LogP contribution in [0.1, 0.15) is 0 Å². The Morgan fingerprint density at radius 1 is 0.778 bits per heavy atom. The first-order valence-corrected chi connectivity index (χ1v) is 2.36. The molecule has 0 aromatic rings. The molecule has 0 fully saturated rings. The van der Waals surface area contributed by atoms with Crippen LogP contribution in [0.5, 0.6) is 0 Å². The van der Waals surface area contributed by atoms with Gasteiger partial charge in [0.05, 0.1) is 0 Å². The number of hydrogen-bond donors (Lipinski definition) is 0. The molecule has 48 valence electrons. The molecule has 0 spiro atoms. The van der Waals surface area contributed by atoms with Gasteiger partial charge in [-0.1, -0.05) is 0 Å². The molecule has 0 bridgehead atoms. The van der Waals surface area contributed by atoms with Gasteiger partial charge in [-0.25, -0.2) is 0 Å². The van der Waals surface area contributed by atoms with Crippen LogP contribution in [-0.2, 0) is 25.0 Å². The van der Waals surface area contributed by atoms with Gasteiger partial charge in [0.1, 0.15) is 0 Å². The van der Waals surface area contributed by atoms with E-state index in [1.165, 1.54) is 0 Å². The molecule has 0 aliphatic carbocycles. The molecule has 0 saturated heterocycles. The maximum absolute atomic E-state index is 8.79. The van der Waals surface area contributed by atoms with E-state index in [4.69, 9.17) is 20.1 Å². The van der Waals surface area contributed by atoms with Crippen molar-refractivity contribution in [3.63, 3.8) is 0 Å². The standard InChI is InChI=1S/2BO2S.Ba/c2*2-1(3)4;/q2*-3;+2. The average molecular weight is 287 g/mol. The molecular weight excluding hydrogens is 287 g/mol. The van der Waals surface area contributed by atoms with Crippen LogP contribution in [-0.4, -0.2) is 61.7 Å². The molecule has 0 aliphatic rings. The normalized spacial score (nSPS) is 6.00. The first kappa shape index (κ1) is 17.4. The molecule has 0 amide bonds. The molecule has 0 atom stereocenters. The van der Waals surface area contributed by atoms with E-state index >= 15 is 0 Å². The minimum atomic E-state index is -2.08. The quantitative estimate of drug-likeness (QED) is 0.325. The molecule has 4 nitrogen and oxygen atoms in total. The number of rotatable bonds is 0. The van der Waals surface area contributed by atoms with E-state index in [0.29, 0.717) is 0 Å². The molecule has 0 aromatic carbocycles. The Morgan fingerprint density at radius 2 is 0.778 bits per heavy atom. The zero-order valence-electron chi connectivity index (χ0n) is 4.31. The van der Waals surface area contributed by atoms with Gasteiger partial charge in [0.15, 0.2) is 0 Å². The summed E-state index contributed by atoms with van der Waals surface area (Å²) >= 11 is 7.02. The van der Waals surface area contributed by atoms with E-state index in [9.17, 15) is 0 Å². The summed E-state index contributed by atoms with van der Waals surface area (Å²) in [5.41, 5.74) is 0. The third kappa shape index (κ3) is 138. The molecule has 9 heteroatoms. The van der Waals surface area contributed by atoms with E-state index in [1.54, 1.807) is 0 Å². The van der Waals surface area contributed by atoms with Crippen LogP contribution in [0.25, 0.3) is 0 Å². The fourth-order valence-electron chi connectivity index (χ4n) is 0. The minimum absolute atomic E-state index is 0. The Labute approximate surface area is 105 Å². The van der Waals surface area contributed by atoms with Gasteiger partial charge in [-0.05, 0) is 0 Å². The van der Waals surface area contributed by atoms with Crippen molar-refractivity contribution in [3.8, 4) is 0 Å². The summed E-state index contributed by atoms with van der Waals surface area (Å²) < 4.78 is 0. The van der Waals surface area contributed by atoms with Crippen LogP contribution in [0.4, 0.5) is 0 Å². The van der Waals surface area contributed by atoms with Gasteiger partial charge in [-0.3, -0.25) is 0 Å². The first-order valence-electron chi connectivity index (χ1n) is 1.41. The van der Waals surface area contributed by atoms with E-state index in [0.717, 1.165) is 0 Å². The maximum Gasteiger partial charge on any atom is 2.00 e. The number of hydrogen-bond acceptors (Lipinski definition) is 6. The Balaban J connectivity index is -0.0000000720. The summed E-state index contributed by atoms with van der Waals surface area (Å²) in [7, 11) is 0. The van der Waals surface area contributed by atoms with E-state index in [1.807, 2.05) is 0 Å². The van der Waals surface area contributed by atoms with Crippen molar-refractivity contribution in [1.29, 1.82) is 0 Å². The zero-order chi connectivity index (χ0) is 7.15. The third-order valence-corrected chi connectivity index (χ3v) is 0. The van der Waals surface area contributed by atoms with Gasteiger partial charge in [0.25, 0.3) is 0 Å². The van der Waals surface area contributed by atoms with Crippen molar-refractivity contribution < 1.29 is 20.1 Å². The largest absolute Gasteiger partial charge is 2.00 e. The van der Waals surface area contributed by atoms with Crippen molar-refractivity contribution in [2.75, 3.05) is 0 Å². The second-order valence-electron chi connectivity index (χ2n) is 0.577. The Morgan fingerprint density at radius 3 is 0.778 bits per heavy atom. The molecule has 0 heterocycles. The third-order valence-electron chi connectivity index (χ3n) is 0. The monoisotopic (exact) mass is 288 g/mol. The summed E-state index contributed by atoms with van der Waals surface area (Å²) in [6.07, 6.45) is -4.17. The molecule has 0 aliphatic heterocycles. The Kier molecular flexibility index (Phi) is 24.8. The summed E-state index contributed by atoms with van der Waals surface area (Å²) in [6, 6.07) is 0. The predicted octanol–water partition coefficient (Wildman–Crippen LogP) is -5.90. The van der Waals surface area contributed by atoms with Crippen LogP contribution >= 0.6 is 0 Å². The zero-order valence-corrected chi connectivity index (χ0v) is 10.4. The van der Waals surface area contributed by atoms with Crippen molar-refractivity contribution in [3.05, 3.63) is 0 Å². The first-order chi connectivity index (χ1) is 3.46. The van der Waals surface area contributed by atoms with Gasteiger partial charge in [0, 0.05) is 0 Å². The molecular formula is B2BaO4S2-4. The van der Waals surface area contributed by atoms with Crippen LogP contribution in [0.2, 0.25) is 0 Å².